The van der Waals surface area contributed by atoms with E-state index in [4.69, 9.17) is 4.74 Å². The van der Waals surface area contributed by atoms with Crippen molar-refractivity contribution in [3.05, 3.63) is 33.9 Å². The molecule has 0 saturated carbocycles. The van der Waals surface area contributed by atoms with Crippen molar-refractivity contribution in [2.45, 2.75) is 18.4 Å². The molecule has 2 N–H and O–H groups in total. The van der Waals surface area contributed by atoms with Gasteiger partial charge < -0.3 is 15.2 Å². The molecule has 0 aromatic heterocycles. The van der Waals surface area contributed by atoms with E-state index in [2.05, 4.69) is 5.32 Å². The molecule has 1 aliphatic rings. The van der Waals surface area contributed by atoms with E-state index >= 15 is 0 Å². The Morgan fingerprint density at radius 3 is 2.65 bits per heavy atom. The van der Waals surface area contributed by atoms with Gasteiger partial charge in [-0.2, -0.15) is 4.39 Å². The smallest absolute Gasteiger partial charge is 0.327 e. The second-order valence-electron chi connectivity index (χ2n) is 4.73. The number of rotatable bonds is 4. The molecule has 0 amide bonds. The van der Waals surface area contributed by atoms with Crippen LogP contribution in [0.4, 0.5) is 20.2 Å². The van der Waals surface area contributed by atoms with Crippen LogP contribution >= 0.6 is 0 Å². The Morgan fingerprint density at radius 2 is 2.05 bits per heavy atom. The van der Waals surface area contributed by atoms with Crippen molar-refractivity contribution >= 4 is 11.4 Å². The highest BCUT2D eigenvalue weighted by molar-refractivity contribution is 5.62. The number of hydrogen-bond donors (Lipinski definition) is 2. The van der Waals surface area contributed by atoms with E-state index < -0.39 is 27.8 Å². The van der Waals surface area contributed by atoms with Crippen LogP contribution < -0.4 is 5.32 Å². The summed E-state index contributed by atoms with van der Waals surface area (Å²) >= 11 is 0. The molecule has 0 aliphatic carbocycles. The SMILES string of the molecule is O=[N+]([O-])c1c(F)cc(F)cc1NCC1(O)CCOCC1. The number of halogens is 2. The fraction of sp³-hybridized carbons (Fsp3) is 0.500. The summed E-state index contributed by atoms with van der Waals surface area (Å²) in [5, 5.41) is 23.6. The van der Waals surface area contributed by atoms with Crippen molar-refractivity contribution in [3.8, 4) is 0 Å². The Balaban J connectivity index is 2.18. The monoisotopic (exact) mass is 288 g/mol. The lowest BCUT2D eigenvalue weighted by Crippen LogP contribution is -2.42. The van der Waals surface area contributed by atoms with Crippen LogP contribution in [0.1, 0.15) is 12.8 Å². The Kier molecular flexibility index (Phi) is 4.15. The first-order valence-corrected chi connectivity index (χ1v) is 6.09. The number of aliphatic hydroxyl groups is 1. The van der Waals surface area contributed by atoms with Gasteiger partial charge in [0, 0.05) is 44.7 Å². The van der Waals surface area contributed by atoms with Crippen molar-refractivity contribution in [3.63, 3.8) is 0 Å². The Morgan fingerprint density at radius 1 is 1.40 bits per heavy atom. The molecule has 8 heteroatoms. The molecule has 1 aliphatic heterocycles. The fourth-order valence-electron chi connectivity index (χ4n) is 2.07. The van der Waals surface area contributed by atoms with Crippen molar-refractivity contribution < 1.29 is 23.5 Å². The molecule has 1 aromatic rings. The summed E-state index contributed by atoms with van der Waals surface area (Å²) in [6, 6.07) is 1.29. The topological polar surface area (TPSA) is 84.6 Å². The van der Waals surface area contributed by atoms with Gasteiger partial charge in [0.15, 0.2) is 0 Å². The van der Waals surface area contributed by atoms with Crippen LogP contribution in [0.15, 0.2) is 12.1 Å². The minimum Gasteiger partial charge on any atom is -0.388 e. The summed E-state index contributed by atoms with van der Waals surface area (Å²) in [5.74, 6) is -2.17. The minimum absolute atomic E-state index is 0.0416. The van der Waals surface area contributed by atoms with Crippen molar-refractivity contribution in [2.24, 2.45) is 0 Å². The Bertz CT molecular complexity index is 518. The predicted molar refractivity (Wildman–Crippen MR) is 66.5 cm³/mol. The van der Waals surface area contributed by atoms with Gasteiger partial charge in [0.1, 0.15) is 11.5 Å². The maximum atomic E-state index is 13.4. The van der Waals surface area contributed by atoms with Gasteiger partial charge in [0.05, 0.1) is 10.5 Å². The Hall–Kier alpha value is -1.80. The molecule has 110 valence electrons. The standard InChI is InChI=1S/C12H14F2N2O4/c13-8-5-9(14)11(16(18)19)10(6-8)15-7-12(17)1-3-20-4-2-12/h5-6,15,17H,1-4,7H2. The van der Waals surface area contributed by atoms with Crippen LogP contribution in [-0.2, 0) is 4.74 Å². The number of anilines is 1. The summed E-state index contributed by atoms with van der Waals surface area (Å²) in [6.45, 7) is 0.704. The zero-order valence-corrected chi connectivity index (χ0v) is 10.6. The van der Waals surface area contributed by atoms with Crippen LogP contribution in [0.25, 0.3) is 0 Å². The summed E-state index contributed by atoms with van der Waals surface area (Å²) in [6.07, 6.45) is 0.706. The highest BCUT2D eigenvalue weighted by atomic mass is 19.1. The van der Waals surface area contributed by atoms with E-state index in [1.165, 1.54) is 0 Å². The highest BCUT2D eigenvalue weighted by Crippen LogP contribution is 2.30. The largest absolute Gasteiger partial charge is 0.388 e. The molecule has 0 spiro atoms. The first-order valence-electron chi connectivity index (χ1n) is 6.09. The number of nitro benzene ring substituents is 1. The van der Waals surface area contributed by atoms with Crippen LogP contribution in [0.2, 0.25) is 0 Å². The average Bonchev–Trinajstić information content (AvgIpc) is 2.36. The predicted octanol–water partition coefficient (Wildman–Crippen LogP) is 1.83. The van der Waals surface area contributed by atoms with Crippen molar-refractivity contribution in [1.82, 2.24) is 0 Å². The number of nitrogens with one attached hydrogen (secondary N) is 1. The molecule has 0 atom stereocenters. The van der Waals surface area contributed by atoms with Crippen molar-refractivity contribution in [1.29, 1.82) is 0 Å². The molecule has 20 heavy (non-hydrogen) atoms. The van der Waals surface area contributed by atoms with Crippen LogP contribution in [-0.4, -0.2) is 35.4 Å². The summed E-state index contributed by atoms with van der Waals surface area (Å²) in [5.41, 5.74) is -2.22. The molecule has 1 fully saturated rings. The van der Waals surface area contributed by atoms with Gasteiger partial charge in [-0.1, -0.05) is 0 Å². The molecule has 0 bridgehead atoms. The average molecular weight is 288 g/mol. The zero-order valence-electron chi connectivity index (χ0n) is 10.6. The van der Waals surface area contributed by atoms with Gasteiger partial charge in [0.2, 0.25) is 5.82 Å². The normalized spacial score (nSPS) is 17.8. The van der Waals surface area contributed by atoms with E-state index in [9.17, 15) is 24.0 Å². The molecule has 1 saturated heterocycles. The molecular formula is C12H14F2N2O4. The lowest BCUT2D eigenvalue weighted by Gasteiger charge is -2.32. The molecule has 1 aromatic carbocycles. The maximum Gasteiger partial charge on any atom is 0.327 e. The Labute approximate surface area is 113 Å². The van der Waals surface area contributed by atoms with Gasteiger partial charge in [-0.15, -0.1) is 0 Å². The summed E-state index contributed by atoms with van der Waals surface area (Å²) < 4.78 is 31.7. The quantitative estimate of drug-likeness (QED) is 0.652. The van der Waals surface area contributed by atoms with E-state index in [1.807, 2.05) is 0 Å². The van der Waals surface area contributed by atoms with E-state index in [-0.39, 0.29) is 12.2 Å². The molecule has 0 radical (unpaired) electrons. The van der Waals surface area contributed by atoms with E-state index in [1.54, 1.807) is 0 Å². The van der Waals surface area contributed by atoms with Gasteiger partial charge in [-0.3, -0.25) is 10.1 Å². The van der Waals surface area contributed by atoms with E-state index in [0.717, 1.165) is 6.07 Å². The maximum absolute atomic E-state index is 13.4. The summed E-state index contributed by atoms with van der Waals surface area (Å²) in [4.78, 5) is 9.88. The third-order valence-electron chi connectivity index (χ3n) is 3.24. The molecule has 1 heterocycles. The first kappa shape index (κ1) is 14.6. The third-order valence-corrected chi connectivity index (χ3v) is 3.24. The molecule has 0 unspecified atom stereocenters. The van der Waals surface area contributed by atoms with Gasteiger partial charge >= 0.3 is 5.69 Å². The van der Waals surface area contributed by atoms with Crippen molar-refractivity contribution in [2.75, 3.05) is 25.1 Å². The van der Waals surface area contributed by atoms with Crippen LogP contribution in [0.5, 0.6) is 0 Å². The molecule has 6 nitrogen and oxygen atoms in total. The van der Waals surface area contributed by atoms with Crippen LogP contribution in [0, 0.1) is 21.7 Å². The zero-order chi connectivity index (χ0) is 14.8. The van der Waals surface area contributed by atoms with Gasteiger partial charge in [-0.05, 0) is 0 Å². The summed E-state index contributed by atoms with van der Waals surface area (Å²) in [7, 11) is 0. The van der Waals surface area contributed by atoms with Gasteiger partial charge in [0.25, 0.3) is 0 Å². The number of nitro groups is 1. The third kappa shape index (κ3) is 3.20. The molecular weight excluding hydrogens is 274 g/mol. The lowest BCUT2D eigenvalue weighted by molar-refractivity contribution is -0.386. The lowest BCUT2D eigenvalue weighted by atomic mass is 9.94. The van der Waals surface area contributed by atoms with Gasteiger partial charge in [-0.25, -0.2) is 4.39 Å². The highest BCUT2D eigenvalue weighted by Gasteiger charge is 2.31. The fourth-order valence-corrected chi connectivity index (χ4v) is 2.07. The number of ether oxygens (including phenoxy) is 1. The van der Waals surface area contributed by atoms with E-state index in [0.29, 0.717) is 32.1 Å². The minimum atomic E-state index is -1.25. The second kappa shape index (κ2) is 5.68. The van der Waals surface area contributed by atoms with Crippen LogP contribution in [0.3, 0.4) is 0 Å². The first-order chi connectivity index (χ1) is 9.41. The number of nitrogens with zero attached hydrogens (tertiary/aromatic N) is 1. The number of benzene rings is 1. The number of hydrogen-bond acceptors (Lipinski definition) is 5. The molecule has 2 rings (SSSR count). The second-order valence-corrected chi connectivity index (χ2v) is 4.73.